The second-order valence-electron chi connectivity index (χ2n) is 3.07. The minimum atomic E-state index is -0.538. The molecule has 6 heteroatoms. The molecule has 0 saturated heterocycles. The van der Waals surface area contributed by atoms with Crippen LogP contribution in [0.3, 0.4) is 0 Å². The highest BCUT2D eigenvalue weighted by atomic mass is 32.1. The van der Waals surface area contributed by atoms with Crippen molar-refractivity contribution < 1.29 is 9.66 Å². The van der Waals surface area contributed by atoms with Crippen molar-refractivity contribution >= 4 is 16.3 Å². The van der Waals surface area contributed by atoms with Crippen molar-refractivity contribution in [1.29, 1.82) is 5.26 Å². The highest BCUT2D eigenvalue weighted by Gasteiger charge is 2.18. The molecule has 0 N–H and O–H groups in total. The van der Waals surface area contributed by atoms with E-state index in [0.29, 0.717) is 5.75 Å². The molecule has 5 nitrogen and oxygen atoms in total. The normalized spacial score (nSPS) is 9.59. The Hall–Kier alpha value is -2.39. The van der Waals surface area contributed by atoms with Crippen molar-refractivity contribution in [3.8, 4) is 16.9 Å². The summed E-state index contributed by atoms with van der Waals surface area (Å²) in [5.74, 6) is 0.542. The van der Waals surface area contributed by atoms with E-state index in [1.54, 1.807) is 24.3 Å². The first-order chi connectivity index (χ1) is 8.20. The van der Waals surface area contributed by atoms with Gasteiger partial charge in [-0.15, -0.1) is 0 Å². The fraction of sp³-hybridized carbons (Fsp3) is 0. The van der Waals surface area contributed by atoms with Gasteiger partial charge in [0.05, 0.1) is 4.92 Å². The SMILES string of the molecule is N#Cc1cc([N+](=O)[O-])sc1Oc1ccccc1. The van der Waals surface area contributed by atoms with Gasteiger partial charge < -0.3 is 4.74 Å². The molecule has 1 aromatic carbocycles. The van der Waals surface area contributed by atoms with Gasteiger partial charge in [-0.2, -0.15) is 5.26 Å². The van der Waals surface area contributed by atoms with Gasteiger partial charge in [-0.3, -0.25) is 10.1 Å². The molecule has 0 saturated carbocycles. The summed E-state index contributed by atoms with van der Waals surface area (Å²) in [6, 6.07) is 11.9. The van der Waals surface area contributed by atoms with Crippen LogP contribution in [0.2, 0.25) is 0 Å². The summed E-state index contributed by atoms with van der Waals surface area (Å²) < 4.78 is 5.42. The van der Waals surface area contributed by atoms with Crippen LogP contribution >= 0.6 is 11.3 Å². The number of nitro groups is 1. The van der Waals surface area contributed by atoms with Crippen molar-refractivity contribution in [3.05, 3.63) is 52.1 Å². The van der Waals surface area contributed by atoms with Gasteiger partial charge in [-0.1, -0.05) is 18.2 Å². The largest absolute Gasteiger partial charge is 0.445 e. The molecule has 0 bridgehead atoms. The Morgan fingerprint density at radius 3 is 2.65 bits per heavy atom. The number of rotatable bonds is 3. The van der Waals surface area contributed by atoms with Crippen LogP contribution in [0.4, 0.5) is 5.00 Å². The van der Waals surface area contributed by atoms with E-state index in [1.807, 2.05) is 12.1 Å². The number of benzene rings is 1. The zero-order valence-electron chi connectivity index (χ0n) is 8.49. The van der Waals surface area contributed by atoms with E-state index < -0.39 is 4.92 Å². The van der Waals surface area contributed by atoms with E-state index >= 15 is 0 Å². The molecule has 0 aliphatic carbocycles. The quantitative estimate of drug-likeness (QED) is 0.614. The lowest BCUT2D eigenvalue weighted by Crippen LogP contribution is -1.81. The highest BCUT2D eigenvalue weighted by Crippen LogP contribution is 2.37. The number of nitriles is 1. The summed E-state index contributed by atoms with van der Waals surface area (Å²) in [5.41, 5.74) is 0.172. The lowest BCUT2D eigenvalue weighted by Gasteiger charge is -2.01. The molecule has 0 spiro atoms. The lowest BCUT2D eigenvalue weighted by molar-refractivity contribution is -0.380. The van der Waals surface area contributed by atoms with Gasteiger partial charge >= 0.3 is 5.00 Å². The Labute approximate surface area is 101 Å². The van der Waals surface area contributed by atoms with Crippen molar-refractivity contribution in [2.75, 3.05) is 0 Å². The van der Waals surface area contributed by atoms with Gasteiger partial charge in [0, 0.05) is 6.07 Å². The first kappa shape index (κ1) is 11.1. The molecule has 2 rings (SSSR count). The maximum atomic E-state index is 10.6. The summed E-state index contributed by atoms with van der Waals surface area (Å²) >= 11 is 0.843. The van der Waals surface area contributed by atoms with E-state index in [4.69, 9.17) is 10.00 Å². The Bertz CT molecular complexity index is 587. The number of nitrogens with zero attached hydrogens (tertiary/aromatic N) is 2. The van der Waals surface area contributed by atoms with Gasteiger partial charge in [0.1, 0.15) is 17.4 Å². The van der Waals surface area contributed by atoms with E-state index in [1.165, 1.54) is 6.07 Å². The third-order valence-electron chi connectivity index (χ3n) is 1.94. The van der Waals surface area contributed by atoms with Crippen LogP contribution < -0.4 is 4.74 Å². The second kappa shape index (κ2) is 4.63. The van der Waals surface area contributed by atoms with Crippen LogP contribution in [-0.2, 0) is 0 Å². The first-order valence-electron chi connectivity index (χ1n) is 4.62. The van der Waals surface area contributed by atoms with E-state index in [-0.39, 0.29) is 15.6 Å². The second-order valence-corrected chi connectivity index (χ2v) is 4.06. The topological polar surface area (TPSA) is 76.2 Å². The summed E-state index contributed by atoms with van der Waals surface area (Å²) in [6.45, 7) is 0. The van der Waals surface area contributed by atoms with Crippen LogP contribution in [0, 0.1) is 21.4 Å². The molecule has 1 aromatic heterocycles. The smallest absolute Gasteiger partial charge is 0.328 e. The third kappa shape index (κ3) is 2.41. The van der Waals surface area contributed by atoms with Crippen LogP contribution in [0.5, 0.6) is 10.8 Å². The van der Waals surface area contributed by atoms with Crippen LogP contribution in [0.15, 0.2) is 36.4 Å². The molecular formula is C11H6N2O3S. The Morgan fingerprint density at radius 1 is 1.35 bits per heavy atom. The van der Waals surface area contributed by atoms with Gasteiger partial charge in [0.2, 0.25) is 5.06 Å². The molecule has 17 heavy (non-hydrogen) atoms. The van der Waals surface area contributed by atoms with Crippen LogP contribution in [-0.4, -0.2) is 4.92 Å². The zero-order chi connectivity index (χ0) is 12.3. The predicted molar refractivity (Wildman–Crippen MR) is 62.2 cm³/mol. The summed E-state index contributed by atoms with van der Waals surface area (Å²) in [6.07, 6.45) is 0. The summed E-state index contributed by atoms with van der Waals surface area (Å²) in [5, 5.41) is 19.6. The summed E-state index contributed by atoms with van der Waals surface area (Å²) in [7, 11) is 0. The number of ether oxygens (including phenoxy) is 1. The van der Waals surface area contributed by atoms with Crippen molar-refractivity contribution in [2.24, 2.45) is 0 Å². The fourth-order valence-corrected chi connectivity index (χ4v) is 1.99. The molecule has 1 heterocycles. The van der Waals surface area contributed by atoms with Crippen LogP contribution in [0.25, 0.3) is 0 Å². The van der Waals surface area contributed by atoms with Crippen molar-refractivity contribution in [2.45, 2.75) is 0 Å². The number of para-hydroxylation sites is 1. The molecule has 0 aliphatic heterocycles. The number of thiophene rings is 1. The van der Waals surface area contributed by atoms with Gasteiger partial charge in [0.25, 0.3) is 0 Å². The number of hydrogen-bond donors (Lipinski definition) is 0. The third-order valence-corrected chi connectivity index (χ3v) is 2.90. The fourth-order valence-electron chi connectivity index (χ4n) is 1.20. The van der Waals surface area contributed by atoms with Gasteiger partial charge in [0.15, 0.2) is 0 Å². The molecule has 0 unspecified atom stereocenters. The highest BCUT2D eigenvalue weighted by molar-refractivity contribution is 7.17. The van der Waals surface area contributed by atoms with Crippen LogP contribution in [0.1, 0.15) is 5.56 Å². The predicted octanol–water partition coefficient (Wildman–Crippen LogP) is 3.32. The maximum Gasteiger partial charge on any atom is 0.328 e. The van der Waals surface area contributed by atoms with Gasteiger partial charge in [-0.25, -0.2) is 0 Å². The lowest BCUT2D eigenvalue weighted by atomic mass is 10.3. The molecule has 0 aliphatic rings. The molecular weight excluding hydrogens is 240 g/mol. The molecule has 0 amide bonds. The first-order valence-corrected chi connectivity index (χ1v) is 5.43. The Balaban J connectivity index is 2.33. The molecule has 0 fully saturated rings. The van der Waals surface area contributed by atoms with E-state index in [9.17, 15) is 10.1 Å². The van der Waals surface area contributed by atoms with Gasteiger partial charge in [-0.05, 0) is 23.5 Å². The number of hydrogen-bond acceptors (Lipinski definition) is 5. The Morgan fingerprint density at radius 2 is 2.06 bits per heavy atom. The maximum absolute atomic E-state index is 10.6. The molecule has 2 aromatic rings. The molecule has 0 atom stereocenters. The Kier molecular flexibility index (Phi) is 3.03. The summed E-state index contributed by atoms with van der Waals surface area (Å²) in [4.78, 5) is 10.0. The van der Waals surface area contributed by atoms with Crippen molar-refractivity contribution in [3.63, 3.8) is 0 Å². The minimum Gasteiger partial charge on any atom is -0.445 e. The van der Waals surface area contributed by atoms with E-state index in [2.05, 4.69) is 0 Å². The average Bonchev–Trinajstić information content (AvgIpc) is 2.74. The van der Waals surface area contributed by atoms with Crippen molar-refractivity contribution in [1.82, 2.24) is 0 Å². The minimum absolute atomic E-state index is 0.104. The average molecular weight is 246 g/mol. The molecule has 0 radical (unpaired) electrons. The monoisotopic (exact) mass is 246 g/mol. The zero-order valence-corrected chi connectivity index (χ0v) is 9.31. The molecule has 84 valence electrons. The standard InChI is InChI=1S/C11H6N2O3S/c12-7-8-6-10(13(14)15)17-11(8)16-9-4-2-1-3-5-9/h1-6H. The van der Waals surface area contributed by atoms with E-state index in [0.717, 1.165) is 11.3 Å².